The first-order valence-electron chi connectivity index (χ1n) is 7.49. The Hall–Kier alpha value is -0.160. The van der Waals surface area contributed by atoms with Crippen molar-refractivity contribution in [3.05, 3.63) is 0 Å². The van der Waals surface area contributed by atoms with E-state index in [0.717, 1.165) is 38.9 Å². The molecule has 0 aromatic rings. The second-order valence-electron chi connectivity index (χ2n) is 5.40. The van der Waals surface area contributed by atoms with Crippen molar-refractivity contribution in [2.75, 3.05) is 45.9 Å². The van der Waals surface area contributed by atoms with Crippen LogP contribution in [0.15, 0.2) is 0 Å². The van der Waals surface area contributed by atoms with E-state index in [-0.39, 0.29) is 0 Å². The lowest BCUT2D eigenvalue weighted by molar-refractivity contribution is 0.0927. The van der Waals surface area contributed by atoms with Gasteiger partial charge in [0.05, 0.1) is 13.2 Å². The van der Waals surface area contributed by atoms with Crippen LogP contribution >= 0.6 is 0 Å². The number of hydrogen-bond acceptors (Lipinski definition) is 4. The zero-order chi connectivity index (χ0) is 13.2. The number of nitrogens with zero attached hydrogens (tertiary/aromatic N) is 1. The average Bonchev–Trinajstić information content (AvgIpc) is 2.35. The zero-order valence-corrected chi connectivity index (χ0v) is 12.4. The number of ether oxygens (including phenoxy) is 1. The van der Waals surface area contributed by atoms with Gasteiger partial charge >= 0.3 is 0 Å². The Kier molecular flexibility index (Phi) is 8.59. The molecule has 0 spiro atoms. The Morgan fingerprint density at radius 2 is 1.94 bits per heavy atom. The van der Waals surface area contributed by atoms with E-state index < -0.39 is 0 Å². The summed E-state index contributed by atoms with van der Waals surface area (Å²) in [5.74, 6) is 0. The molecule has 108 valence electrons. The van der Waals surface area contributed by atoms with Gasteiger partial charge in [-0.2, -0.15) is 0 Å². The Morgan fingerprint density at radius 1 is 1.22 bits per heavy atom. The lowest BCUT2D eigenvalue weighted by atomic mass is 10.0. The number of nitrogens with one attached hydrogen (secondary N) is 2. The molecule has 4 nitrogen and oxygen atoms in total. The van der Waals surface area contributed by atoms with Crippen molar-refractivity contribution < 1.29 is 4.74 Å². The number of rotatable bonds is 9. The van der Waals surface area contributed by atoms with Crippen LogP contribution in [-0.4, -0.2) is 62.9 Å². The number of likely N-dealkylation sites (tertiary alicyclic amines) is 1. The van der Waals surface area contributed by atoms with Crippen LogP contribution in [0.1, 0.15) is 33.6 Å². The van der Waals surface area contributed by atoms with Crippen LogP contribution in [-0.2, 0) is 4.74 Å². The van der Waals surface area contributed by atoms with Crippen molar-refractivity contribution >= 4 is 0 Å². The van der Waals surface area contributed by atoms with Gasteiger partial charge in [-0.1, -0.05) is 20.8 Å². The highest BCUT2D eigenvalue weighted by atomic mass is 16.5. The summed E-state index contributed by atoms with van der Waals surface area (Å²) in [5.41, 5.74) is 0. The molecule has 0 amide bonds. The number of likely N-dealkylation sites (N-methyl/N-ethyl adjacent to an activating group) is 1. The second-order valence-corrected chi connectivity index (χ2v) is 5.40. The van der Waals surface area contributed by atoms with Crippen LogP contribution in [0.3, 0.4) is 0 Å². The summed E-state index contributed by atoms with van der Waals surface area (Å²) in [5, 5.41) is 6.89. The first-order chi connectivity index (χ1) is 8.72. The SMILES string of the molecule is CCNCCOCCN1CCC(NC(C)C)CC1. The predicted molar refractivity (Wildman–Crippen MR) is 77.1 cm³/mol. The van der Waals surface area contributed by atoms with Crippen LogP contribution in [0.4, 0.5) is 0 Å². The summed E-state index contributed by atoms with van der Waals surface area (Å²) >= 11 is 0. The highest BCUT2D eigenvalue weighted by Crippen LogP contribution is 2.10. The predicted octanol–water partition coefficient (Wildman–Crippen LogP) is 1.07. The van der Waals surface area contributed by atoms with Gasteiger partial charge in [0.1, 0.15) is 0 Å². The van der Waals surface area contributed by atoms with E-state index in [1.54, 1.807) is 0 Å². The fourth-order valence-corrected chi connectivity index (χ4v) is 2.41. The lowest BCUT2D eigenvalue weighted by Crippen LogP contribution is -2.45. The summed E-state index contributed by atoms with van der Waals surface area (Å²) in [6.07, 6.45) is 2.55. The maximum atomic E-state index is 5.61. The number of piperidine rings is 1. The van der Waals surface area contributed by atoms with Crippen LogP contribution in [0, 0.1) is 0 Å². The van der Waals surface area contributed by atoms with E-state index in [1.807, 2.05) is 0 Å². The van der Waals surface area contributed by atoms with Gasteiger partial charge in [0.2, 0.25) is 0 Å². The molecule has 0 aliphatic carbocycles. The van der Waals surface area contributed by atoms with Crippen molar-refractivity contribution in [2.45, 2.75) is 45.7 Å². The van der Waals surface area contributed by atoms with Gasteiger partial charge in [-0.15, -0.1) is 0 Å². The minimum absolute atomic E-state index is 0.607. The molecular weight excluding hydrogens is 226 g/mol. The maximum absolute atomic E-state index is 5.61. The van der Waals surface area contributed by atoms with Crippen molar-refractivity contribution in [3.63, 3.8) is 0 Å². The molecule has 1 heterocycles. The van der Waals surface area contributed by atoms with Crippen molar-refractivity contribution in [3.8, 4) is 0 Å². The Balaban J connectivity index is 1.95. The first-order valence-corrected chi connectivity index (χ1v) is 7.49. The van der Waals surface area contributed by atoms with Gasteiger partial charge in [0, 0.05) is 25.2 Å². The maximum Gasteiger partial charge on any atom is 0.0594 e. The van der Waals surface area contributed by atoms with Crippen molar-refractivity contribution in [1.82, 2.24) is 15.5 Å². The standard InChI is InChI=1S/C14H31N3O/c1-4-15-7-11-18-12-10-17-8-5-14(6-9-17)16-13(2)3/h13-16H,4-12H2,1-3H3. The van der Waals surface area contributed by atoms with Crippen molar-refractivity contribution in [1.29, 1.82) is 0 Å². The number of hydrogen-bond donors (Lipinski definition) is 2. The minimum atomic E-state index is 0.607. The second kappa shape index (κ2) is 9.73. The third-order valence-electron chi connectivity index (χ3n) is 3.38. The van der Waals surface area contributed by atoms with E-state index in [2.05, 4.69) is 36.3 Å². The molecule has 2 N–H and O–H groups in total. The van der Waals surface area contributed by atoms with Gasteiger partial charge in [-0.3, -0.25) is 0 Å². The summed E-state index contributed by atoms with van der Waals surface area (Å²) in [6, 6.07) is 1.33. The molecule has 0 bridgehead atoms. The third-order valence-corrected chi connectivity index (χ3v) is 3.38. The Bertz CT molecular complexity index is 191. The average molecular weight is 257 g/mol. The van der Waals surface area contributed by atoms with Crippen LogP contribution in [0.25, 0.3) is 0 Å². The van der Waals surface area contributed by atoms with Gasteiger partial charge in [0.15, 0.2) is 0 Å². The highest BCUT2D eigenvalue weighted by Gasteiger charge is 2.18. The fraction of sp³-hybridized carbons (Fsp3) is 1.00. The summed E-state index contributed by atoms with van der Waals surface area (Å²) in [7, 11) is 0. The summed E-state index contributed by atoms with van der Waals surface area (Å²) < 4.78 is 5.61. The van der Waals surface area contributed by atoms with Crippen LogP contribution < -0.4 is 10.6 Å². The Morgan fingerprint density at radius 3 is 2.56 bits per heavy atom. The smallest absolute Gasteiger partial charge is 0.0594 e. The molecule has 1 fully saturated rings. The summed E-state index contributed by atoms with van der Waals surface area (Å²) in [6.45, 7) is 13.8. The van der Waals surface area contributed by atoms with Gasteiger partial charge < -0.3 is 20.3 Å². The quantitative estimate of drug-likeness (QED) is 0.606. The van der Waals surface area contributed by atoms with Crippen LogP contribution in [0.5, 0.6) is 0 Å². The molecular formula is C14H31N3O. The molecule has 0 radical (unpaired) electrons. The first kappa shape index (κ1) is 15.9. The molecule has 1 rings (SSSR count). The normalized spacial score (nSPS) is 18.7. The topological polar surface area (TPSA) is 36.5 Å². The van der Waals surface area contributed by atoms with Crippen molar-refractivity contribution in [2.24, 2.45) is 0 Å². The van der Waals surface area contributed by atoms with E-state index in [4.69, 9.17) is 4.74 Å². The third kappa shape index (κ3) is 7.31. The fourth-order valence-electron chi connectivity index (χ4n) is 2.41. The van der Waals surface area contributed by atoms with E-state index >= 15 is 0 Å². The van der Waals surface area contributed by atoms with Gasteiger partial charge in [-0.25, -0.2) is 0 Å². The molecule has 1 aliphatic rings. The van der Waals surface area contributed by atoms with E-state index in [0.29, 0.717) is 6.04 Å². The zero-order valence-electron chi connectivity index (χ0n) is 12.4. The van der Waals surface area contributed by atoms with E-state index in [9.17, 15) is 0 Å². The lowest BCUT2D eigenvalue weighted by Gasteiger charge is -2.33. The molecule has 0 unspecified atom stereocenters. The summed E-state index contributed by atoms with van der Waals surface area (Å²) in [4.78, 5) is 2.52. The van der Waals surface area contributed by atoms with E-state index in [1.165, 1.54) is 25.9 Å². The molecule has 1 aliphatic heterocycles. The van der Waals surface area contributed by atoms with Crippen LogP contribution in [0.2, 0.25) is 0 Å². The highest BCUT2D eigenvalue weighted by molar-refractivity contribution is 4.78. The Labute approximate surface area is 112 Å². The molecule has 0 atom stereocenters. The largest absolute Gasteiger partial charge is 0.379 e. The molecule has 0 aromatic carbocycles. The minimum Gasteiger partial charge on any atom is -0.379 e. The van der Waals surface area contributed by atoms with Gasteiger partial charge in [-0.05, 0) is 32.5 Å². The molecule has 1 saturated heterocycles. The molecule has 0 saturated carbocycles. The monoisotopic (exact) mass is 257 g/mol. The molecule has 4 heteroatoms. The molecule has 0 aromatic heterocycles. The van der Waals surface area contributed by atoms with Gasteiger partial charge in [0.25, 0.3) is 0 Å². The molecule has 18 heavy (non-hydrogen) atoms.